The van der Waals surface area contributed by atoms with Crippen molar-refractivity contribution < 1.29 is 26.4 Å². The van der Waals surface area contributed by atoms with Gasteiger partial charge in [-0.1, -0.05) is 11.6 Å². The zero-order valence-corrected chi connectivity index (χ0v) is 20.5. The zero-order valence-electron chi connectivity index (χ0n) is 18.1. The molecule has 1 heterocycles. The number of nitrogens with one attached hydrogen (secondary N) is 2. The number of anilines is 3. The Bertz CT molecular complexity index is 1380. The van der Waals surface area contributed by atoms with Crippen LogP contribution in [0.15, 0.2) is 71.9 Å². The number of pyridine rings is 1. The number of carbonyl (C=O) groups excluding carboxylic acids is 1. The lowest BCUT2D eigenvalue weighted by atomic mass is 10.3. The molecule has 1 amide bonds. The highest BCUT2D eigenvalue weighted by Gasteiger charge is 2.24. The van der Waals surface area contributed by atoms with Crippen LogP contribution in [0.2, 0.25) is 5.02 Å². The molecule has 0 aliphatic heterocycles. The molecule has 13 heteroatoms. The Labute approximate surface area is 202 Å². The Morgan fingerprint density at radius 3 is 2.35 bits per heavy atom. The summed E-state index contributed by atoms with van der Waals surface area (Å²) in [5.74, 6) is -0.435. The summed E-state index contributed by atoms with van der Waals surface area (Å²) in [5.41, 5.74) is 0.685. The highest BCUT2D eigenvalue weighted by Crippen LogP contribution is 2.32. The molecule has 0 aliphatic rings. The molecule has 2 N–H and O–H groups in total. The van der Waals surface area contributed by atoms with E-state index in [1.54, 1.807) is 12.1 Å². The van der Waals surface area contributed by atoms with E-state index in [-0.39, 0.29) is 27.0 Å². The van der Waals surface area contributed by atoms with Crippen LogP contribution < -0.4 is 19.1 Å². The summed E-state index contributed by atoms with van der Waals surface area (Å²) in [6.07, 6.45) is 3.84. The molecule has 0 radical (unpaired) electrons. The standard InChI is InChI=1S/C21H21ClN4O6S2/c1-32-20-10-5-15(22)12-19(20)26(33(2,28)29)14-21(27)24-16-6-8-18(9-7-16)34(30,31)25-17-4-3-11-23-13-17/h3-13,25H,14H2,1-2H3,(H,24,27). The van der Waals surface area contributed by atoms with Crippen LogP contribution in [0.4, 0.5) is 17.1 Å². The van der Waals surface area contributed by atoms with E-state index in [0.717, 1.165) is 10.6 Å². The molecular weight excluding hydrogens is 504 g/mol. The van der Waals surface area contributed by atoms with Crippen molar-refractivity contribution in [1.29, 1.82) is 0 Å². The molecule has 3 aromatic rings. The first-order valence-corrected chi connectivity index (χ1v) is 13.3. The molecule has 2 aromatic carbocycles. The molecule has 0 aliphatic carbocycles. The van der Waals surface area contributed by atoms with Gasteiger partial charge >= 0.3 is 0 Å². The fourth-order valence-corrected chi connectivity index (χ4v) is 4.99. The van der Waals surface area contributed by atoms with Crippen molar-refractivity contribution in [2.45, 2.75) is 4.90 Å². The average Bonchev–Trinajstić information content (AvgIpc) is 2.77. The molecule has 0 spiro atoms. The van der Waals surface area contributed by atoms with Gasteiger partial charge < -0.3 is 10.1 Å². The minimum Gasteiger partial charge on any atom is -0.495 e. The van der Waals surface area contributed by atoms with Crippen molar-refractivity contribution in [3.8, 4) is 5.75 Å². The number of carbonyl (C=O) groups is 1. The summed E-state index contributed by atoms with van der Waals surface area (Å²) in [5, 5.41) is 2.82. The van der Waals surface area contributed by atoms with Gasteiger partial charge in [-0.25, -0.2) is 16.8 Å². The van der Waals surface area contributed by atoms with Crippen LogP contribution in [-0.2, 0) is 24.8 Å². The summed E-state index contributed by atoms with van der Waals surface area (Å²) < 4.78 is 58.2. The predicted octanol–water partition coefficient (Wildman–Crippen LogP) is 2.95. The maximum Gasteiger partial charge on any atom is 0.261 e. The first-order valence-electron chi connectivity index (χ1n) is 9.63. The third kappa shape index (κ3) is 6.37. The molecule has 0 bridgehead atoms. The highest BCUT2D eigenvalue weighted by atomic mass is 35.5. The fraction of sp³-hybridized carbons (Fsp3) is 0.143. The monoisotopic (exact) mass is 524 g/mol. The number of ether oxygens (including phenoxy) is 1. The second kappa shape index (κ2) is 10.3. The molecule has 0 saturated heterocycles. The maximum atomic E-state index is 12.6. The molecule has 0 fully saturated rings. The van der Waals surface area contributed by atoms with Crippen molar-refractivity contribution in [1.82, 2.24) is 4.98 Å². The highest BCUT2D eigenvalue weighted by molar-refractivity contribution is 7.92. The van der Waals surface area contributed by atoms with Gasteiger partial charge in [-0.2, -0.15) is 0 Å². The van der Waals surface area contributed by atoms with Crippen LogP contribution in [0.3, 0.4) is 0 Å². The van der Waals surface area contributed by atoms with Gasteiger partial charge in [0.2, 0.25) is 15.9 Å². The minimum absolute atomic E-state index is 0.0317. The van der Waals surface area contributed by atoms with E-state index < -0.39 is 32.5 Å². The summed E-state index contributed by atoms with van der Waals surface area (Å²) in [4.78, 5) is 16.4. The van der Waals surface area contributed by atoms with E-state index in [1.807, 2.05) is 0 Å². The Balaban J connectivity index is 1.75. The number of halogens is 1. The van der Waals surface area contributed by atoms with E-state index in [9.17, 15) is 21.6 Å². The predicted molar refractivity (Wildman–Crippen MR) is 130 cm³/mol. The Kier molecular flexibility index (Phi) is 7.64. The SMILES string of the molecule is COc1ccc(Cl)cc1N(CC(=O)Nc1ccc(S(=O)(=O)Nc2cccnc2)cc1)S(C)(=O)=O. The van der Waals surface area contributed by atoms with E-state index in [4.69, 9.17) is 16.3 Å². The number of nitrogens with zero attached hydrogens (tertiary/aromatic N) is 2. The largest absolute Gasteiger partial charge is 0.495 e. The third-order valence-corrected chi connectivity index (χ3v) is 7.22. The van der Waals surface area contributed by atoms with E-state index in [2.05, 4.69) is 15.0 Å². The Hall–Kier alpha value is -3.35. The second-order valence-corrected chi connectivity index (χ2v) is 11.0. The van der Waals surface area contributed by atoms with Gasteiger partial charge in [0.15, 0.2) is 0 Å². The Morgan fingerprint density at radius 1 is 1.06 bits per heavy atom. The summed E-state index contributed by atoms with van der Waals surface area (Å²) >= 11 is 6.00. The summed E-state index contributed by atoms with van der Waals surface area (Å²) in [6.45, 7) is -0.557. The van der Waals surface area contributed by atoms with Crippen molar-refractivity contribution in [2.24, 2.45) is 0 Å². The number of amides is 1. The topological polar surface area (TPSA) is 135 Å². The molecule has 10 nitrogen and oxygen atoms in total. The first kappa shape index (κ1) is 25.3. The molecule has 34 heavy (non-hydrogen) atoms. The van der Waals surface area contributed by atoms with E-state index in [1.165, 1.54) is 62.0 Å². The van der Waals surface area contributed by atoms with Crippen LogP contribution in [0.1, 0.15) is 0 Å². The van der Waals surface area contributed by atoms with Crippen LogP contribution in [0.25, 0.3) is 0 Å². The van der Waals surface area contributed by atoms with Crippen LogP contribution in [0, 0.1) is 0 Å². The smallest absolute Gasteiger partial charge is 0.261 e. The van der Waals surface area contributed by atoms with Gasteiger partial charge in [-0.3, -0.25) is 18.8 Å². The quantitative estimate of drug-likeness (QED) is 0.439. The van der Waals surface area contributed by atoms with Gasteiger partial charge in [-0.05, 0) is 54.6 Å². The number of methoxy groups -OCH3 is 1. The average molecular weight is 525 g/mol. The third-order valence-electron chi connectivity index (χ3n) is 4.46. The molecule has 3 rings (SSSR count). The van der Waals surface area contributed by atoms with Gasteiger partial charge in [-0.15, -0.1) is 0 Å². The van der Waals surface area contributed by atoms with Crippen LogP contribution >= 0.6 is 11.6 Å². The summed E-state index contributed by atoms with van der Waals surface area (Å²) in [7, 11) is -6.36. The lowest BCUT2D eigenvalue weighted by molar-refractivity contribution is -0.114. The van der Waals surface area contributed by atoms with Crippen molar-refractivity contribution in [2.75, 3.05) is 34.3 Å². The molecule has 0 saturated carbocycles. The Morgan fingerprint density at radius 2 is 1.76 bits per heavy atom. The summed E-state index contributed by atoms with van der Waals surface area (Å²) in [6, 6.07) is 12.9. The molecular formula is C21H21ClN4O6S2. The normalized spacial score (nSPS) is 11.5. The molecule has 0 atom stereocenters. The number of hydrogen-bond donors (Lipinski definition) is 2. The van der Waals surface area contributed by atoms with Gasteiger partial charge in [0, 0.05) is 16.9 Å². The lowest BCUT2D eigenvalue weighted by Crippen LogP contribution is -2.37. The molecule has 1 aromatic heterocycles. The van der Waals surface area contributed by atoms with Crippen molar-refractivity contribution in [3.63, 3.8) is 0 Å². The first-order chi connectivity index (χ1) is 16.0. The maximum absolute atomic E-state index is 12.6. The number of rotatable bonds is 9. The van der Waals surface area contributed by atoms with Gasteiger partial charge in [0.05, 0.1) is 35.8 Å². The van der Waals surface area contributed by atoms with E-state index >= 15 is 0 Å². The lowest BCUT2D eigenvalue weighted by Gasteiger charge is -2.24. The number of sulfonamides is 2. The zero-order chi connectivity index (χ0) is 24.9. The molecule has 0 unspecified atom stereocenters. The number of hydrogen-bond acceptors (Lipinski definition) is 7. The van der Waals surface area contributed by atoms with Crippen LogP contribution in [-0.4, -0.2) is 47.6 Å². The van der Waals surface area contributed by atoms with Crippen molar-refractivity contribution in [3.05, 3.63) is 72.0 Å². The fourth-order valence-electron chi connectivity index (χ4n) is 2.92. The molecule has 180 valence electrons. The van der Waals surface area contributed by atoms with Crippen LogP contribution in [0.5, 0.6) is 5.75 Å². The van der Waals surface area contributed by atoms with Crippen molar-refractivity contribution >= 4 is 54.6 Å². The number of aromatic nitrogens is 1. The van der Waals surface area contributed by atoms with Gasteiger partial charge in [0.1, 0.15) is 12.3 Å². The van der Waals surface area contributed by atoms with Gasteiger partial charge in [0.25, 0.3) is 10.0 Å². The van der Waals surface area contributed by atoms with E-state index in [0.29, 0.717) is 5.69 Å². The number of benzene rings is 2. The second-order valence-electron chi connectivity index (χ2n) is 7.01. The minimum atomic E-state index is -3.87.